The van der Waals surface area contributed by atoms with Gasteiger partial charge in [-0.15, -0.1) is 0 Å². The van der Waals surface area contributed by atoms with Crippen LogP contribution in [0.25, 0.3) is 6.08 Å². The standard InChI is InChI=1S/C13H12F3NO3/c1-9(12(18)19)17-20-7-3-5-10-4-2-6-11(8-10)13(14,15)16/h2-6,8H,7H2,1H3,(H,18,19). The molecule has 20 heavy (non-hydrogen) atoms. The van der Waals surface area contributed by atoms with Crippen molar-refractivity contribution >= 4 is 17.8 Å². The Labute approximate surface area is 113 Å². The molecule has 0 unspecified atom stereocenters. The summed E-state index contributed by atoms with van der Waals surface area (Å²) in [5, 5.41) is 11.8. The predicted molar refractivity (Wildman–Crippen MR) is 67.2 cm³/mol. The maximum absolute atomic E-state index is 12.5. The highest BCUT2D eigenvalue weighted by Gasteiger charge is 2.30. The molecular weight excluding hydrogens is 275 g/mol. The molecule has 0 aliphatic heterocycles. The smallest absolute Gasteiger partial charge is 0.416 e. The molecule has 0 heterocycles. The van der Waals surface area contributed by atoms with E-state index in [-0.39, 0.29) is 12.3 Å². The van der Waals surface area contributed by atoms with Crippen LogP contribution in [-0.2, 0) is 15.8 Å². The molecule has 0 amide bonds. The summed E-state index contributed by atoms with van der Waals surface area (Å²) in [6.45, 7) is 1.22. The molecule has 4 nitrogen and oxygen atoms in total. The molecule has 0 atom stereocenters. The number of halogens is 3. The van der Waals surface area contributed by atoms with Gasteiger partial charge in [0, 0.05) is 0 Å². The highest BCUT2D eigenvalue weighted by Crippen LogP contribution is 2.29. The molecule has 0 aromatic heterocycles. The zero-order valence-electron chi connectivity index (χ0n) is 10.5. The Balaban J connectivity index is 2.59. The van der Waals surface area contributed by atoms with Crippen molar-refractivity contribution in [1.29, 1.82) is 0 Å². The van der Waals surface area contributed by atoms with Crippen LogP contribution < -0.4 is 0 Å². The Morgan fingerprint density at radius 1 is 1.45 bits per heavy atom. The monoisotopic (exact) mass is 287 g/mol. The minimum Gasteiger partial charge on any atom is -0.477 e. The van der Waals surface area contributed by atoms with Gasteiger partial charge in [0.15, 0.2) is 5.71 Å². The van der Waals surface area contributed by atoms with E-state index in [1.165, 1.54) is 31.2 Å². The van der Waals surface area contributed by atoms with Gasteiger partial charge in [-0.1, -0.05) is 23.4 Å². The molecule has 0 saturated carbocycles. The van der Waals surface area contributed by atoms with Gasteiger partial charge < -0.3 is 9.94 Å². The summed E-state index contributed by atoms with van der Waals surface area (Å²) in [5.41, 5.74) is -0.583. The first-order valence-corrected chi connectivity index (χ1v) is 5.54. The minimum absolute atomic E-state index is 0.0408. The maximum atomic E-state index is 12.5. The van der Waals surface area contributed by atoms with Crippen LogP contribution in [0.1, 0.15) is 18.1 Å². The number of benzene rings is 1. The number of aliphatic carboxylic acids is 1. The SMILES string of the molecule is CC(=NOCC=Cc1cccc(C(F)(F)F)c1)C(=O)O. The van der Waals surface area contributed by atoms with Crippen LogP contribution in [0.5, 0.6) is 0 Å². The highest BCUT2D eigenvalue weighted by molar-refractivity contribution is 6.34. The Morgan fingerprint density at radius 3 is 2.75 bits per heavy atom. The fraction of sp³-hybridized carbons (Fsp3) is 0.231. The number of nitrogens with zero attached hydrogens (tertiary/aromatic N) is 1. The van der Waals surface area contributed by atoms with Gasteiger partial charge in [-0.2, -0.15) is 13.2 Å². The van der Waals surface area contributed by atoms with Crippen molar-refractivity contribution in [2.45, 2.75) is 13.1 Å². The van der Waals surface area contributed by atoms with E-state index in [1.807, 2.05) is 0 Å². The summed E-state index contributed by atoms with van der Waals surface area (Å²) in [6.07, 6.45) is -1.52. The minimum atomic E-state index is -4.39. The van der Waals surface area contributed by atoms with E-state index in [2.05, 4.69) is 9.99 Å². The number of carboxylic acid groups (broad SMARTS) is 1. The number of hydrogen-bond donors (Lipinski definition) is 1. The molecule has 1 aromatic carbocycles. The predicted octanol–water partition coefficient (Wildman–Crippen LogP) is 3.20. The number of alkyl halides is 3. The van der Waals surface area contributed by atoms with Gasteiger partial charge in [-0.25, -0.2) is 4.79 Å². The lowest BCUT2D eigenvalue weighted by atomic mass is 10.1. The van der Waals surface area contributed by atoms with E-state index >= 15 is 0 Å². The summed E-state index contributed by atoms with van der Waals surface area (Å²) >= 11 is 0. The molecule has 1 N–H and O–H groups in total. The zero-order chi connectivity index (χ0) is 15.2. The van der Waals surface area contributed by atoms with E-state index in [0.29, 0.717) is 5.56 Å². The Bertz CT molecular complexity index is 536. The third-order valence-corrected chi connectivity index (χ3v) is 2.21. The van der Waals surface area contributed by atoms with Crippen LogP contribution in [0, 0.1) is 0 Å². The molecule has 0 aliphatic rings. The summed E-state index contributed by atoms with van der Waals surface area (Å²) in [4.78, 5) is 15.1. The molecule has 0 aliphatic carbocycles. The highest BCUT2D eigenvalue weighted by atomic mass is 19.4. The first-order chi connectivity index (χ1) is 9.30. The summed E-state index contributed by atoms with van der Waals surface area (Å²) in [7, 11) is 0. The molecule has 1 aromatic rings. The van der Waals surface area contributed by atoms with Crippen LogP contribution in [0.15, 0.2) is 35.5 Å². The fourth-order valence-electron chi connectivity index (χ4n) is 1.22. The van der Waals surface area contributed by atoms with Gasteiger partial charge in [0.2, 0.25) is 0 Å². The lowest BCUT2D eigenvalue weighted by Crippen LogP contribution is -2.08. The molecule has 7 heteroatoms. The quantitative estimate of drug-likeness (QED) is 0.514. The summed E-state index contributed by atoms with van der Waals surface area (Å²) in [6, 6.07) is 4.80. The molecule has 0 bridgehead atoms. The second-order valence-electron chi connectivity index (χ2n) is 3.80. The van der Waals surface area contributed by atoms with Crippen molar-refractivity contribution < 1.29 is 27.9 Å². The second kappa shape index (κ2) is 6.74. The lowest BCUT2D eigenvalue weighted by Gasteiger charge is -2.06. The first kappa shape index (κ1) is 15.7. The summed E-state index contributed by atoms with van der Waals surface area (Å²) in [5.74, 6) is -1.20. The van der Waals surface area contributed by atoms with E-state index in [9.17, 15) is 18.0 Å². The van der Waals surface area contributed by atoms with Gasteiger partial charge in [-0.3, -0.25) is 0 Å². The molecular formula is C13H12F3NO3. The number of oxime groups is 1. The van der Waals surface area contributed by atoms with Gasteiger partial charge in [0.1, 0.15) is 6.61 Å². The first-order valence-electron chi connectivity index (χ1n) is 5.54. The van der Waals surface area contributed by atoms with E-state index in [1.54, 1.807) is 0 Å². The molecule has 0 spiro atoms. The molecule has 0 radical (unpaired) electrons. The van der Waals surface area contributed by atoms with Crippen LogP contribution >= 0.6 is 0 Å². The van der Waals surface area contributed by atoms with Crippen LogP contribution in [-0.4, -0.2) is 23.4 Å². The third kappa shape index (κ3) is 5.13. The van der Waals surface area contributed by atoms with Crippen molar-refractivity contribution in [3.63, 3.8) is 0 Å². The second-order valence-corrected chi connectivity index (χ2v) is 3.80. The third-order valence-electron chi connectivity index (χ3n) is 2.21. The largest absolute Gasteiger partial charge is 0.477 e. The van der Waals surface area contributed by atoms with Crippen molar-refractivity contribution in [1.82, 2.24) is 0 Å². The van der Waals surface area contributed by atoms with Gasteiger partial charge >= 0.3 is 12.1 Å². The Morgan fingerprint density at radius 2 is 2.15 bits per heavy atom. The van der Waals surface area contributed by atoms with Crippen LogP contribution in [0.4, 0.5) is 13.2 Å². The number of rotatable bonds is 5. The Hall–Kier alpha value is -2.31. The Kier molecular flexibility index (Phi) is 5.31. The van der Waals surface area contributed by atoms with Crippen molar-refractivity contribution in [2.24, 2.45) is 5.16 Å². The van der Waals surface area contributed by atoms with E-state index in [0.717, 1.165) is 12.1 Å². The van der Waals surface area contributed by atoms with Crippen molar-refractivity contribution in [3.05, 3.63) is 41.5 Å². The van der Waals surface area contributed by atoms with Crippen LogP contribution in [0.2, 0.25) is 0 Å². The number of carbonyl (C=O) groups is 1. The average molecular weight is 287 g/mol. The molecule has 1 rings (SSSR count). The van der Waals surface area contributed by atoms with Crippen molar-refractivity contribution in [3.8, 4) is 0 Å². The molecule has 108 valence electrons. The lowest BCUT2D eigenvalue weighted by molar-refractivity contribution is -0.137. The van der Waals surface area contributed by atoms with E-state index < -0.39 is 17.7 Å². The van der Waals surface area contributed by atoms with Crippen LogP contribution in [0.3, 0.4) is 0 Å². The summed E-state index contributed by atoms with van der Waals surface area (Å²) < 4.78 is 37.4. The molecule has 0 fully saturated rings. The van der Waals surface area contributed by atoms with Crippen molar-refractivity contribution in [2.75, 3.05) is 6.61 Å². The van der Waals surface area contributed by atoms with Gasteiger partial charge in [-0.05, 0) is 30.7 Å². The zero-order valence-corrected chi connectivity index (χ0v) is 10.5. The topological polar surface area (TPSA) is 58.9 Å². The fourth-order valence-corrected chi connectivity index (χ4v) is 1.22. The normalized spacial score (nSPS) is 12.7. The van der Waals surface area contributed by atoms with Gasteiger partial charge in [0.25, 0.3) is 0 Å². The number of carboxylic acids is 1. The maximum Gasteiger partial charge on any atom is 0.416 e. The van der Waals surface area contributed by atoms with E-state index in [4.69, 9.17) is 5.11 Å². The van der Waals surface area contributed by atoms with Gasteiger partial charge in [0.05, 0.1) is 5.56 Å². The molecule has 0 saturated heterocycles. The number of hydrogen-bond acceptors (Lipinski definition) is 3. The average Bonchev–Trinajstić information content (AvgIpc) is 2.37.